The summed E-state index contributed by atoms with van der Waals surface area (Å²) in [6.07, 6.45) is -4.02. The van der Waals surface area contributed by atoms with E-state index < -0.39 is 17.3 Å². The highest BCUT2D eigenvalue weighted by Crippen LogP contribution is 2.37. The number of nitrogens with zero attached hydrogens (tertiary/aromatic N) is 1. The quantitative estimate of drug-likeness (QED) is 0.888. The lowest BCUT2D eigenvalue weighted by Gasteiger charge is -2.38. The van der Waals surface area contributed by atoms with Gasteiger partial charge in [-0.3, -0.25) is 4.79 Å². The monoisotopic (exact) mass is 355 g/mol. The molecule has 1 saturated heterocycles. The van der Waals surface area contributed by atoms with Crippen LogP contribution >= 0.6 is 11.3 Å². The van der Waals surface area contributed by atoms with Gasteiger partial charge in [0.1, 0.15) is 0 Å². The maximum Gasteiger partial charge on any atom is 0.416 e. The summed E-state index contributed by atoms with van der Waals surface area (Å²) in [4.78, 5) is 13.9. The normalized spacial score (nSPS) is 17.8. The molecule has 7 heteroatoms. The maximum absolute atomic E-state index is 12.9. The summed E-state index contributed by atoms with van der Waals surface area (Å²) in [5.74, 6) is -0.109. The summed E-state index contributed by atoms with van der Waals surface area (Å²) in [6.45, 7) is 0.614. The van der Waals surface area contributed by atoms with E-state index in [1.807, 2.05) is 5.38 Å². The minimum Gasteiger partial charge on any atom is -0.385 e. The molecule has 2 aromatic rings. The molecule has 1 aliphatic rings. The van der Waals surface area contributed by atoms with Crippen LogP contribution in [0.4, 0.5) is 13.2 Å². The third kappa shape index (κ3) is 3.32. The average Bonchev–Trinajstić information content (AvgIpc) is 3.09. The Labute approximate surface area is 141 Å². The van der Waals surface area contributed by atoms with Crippen molar-refractivity contribution in [1.82, 2.24) is 4.90 Å². The van der Waals surface area contributed by atoms with Crippen LogP contribution < -0.4 is 0 Å². The zero-order valence-corrected chi connectivity index (χ0v) is 13.5. The number of benzene rings is 1. The molecule has 3 rings (SSSR count). The second-order valence-electron chi connectivity index (χ2n) is 5.91. The number of thiophene rings is 1. The van der Waals surface area contributed by atoms with Crippen LogP contribution in [0.1, 0.15) is 34.3 Å². The number of aliphatic hydroxyl groups is 1. The number of alkyl halides is 3. The van der Waals surface area contributed by atoms with E-state index >= 15 is 0 Å². The number of halogens is 3. The molecule has 2 heterocycles. The Bertz CT molecular complexity index is 720. The van der Waals surface area contributed by atoms with E-state index in [0.717, 1.165) is 12.1 Å². The van der Waals surface area contributed by atoms with Gasteiger partial charge in [-0.25, -0.2) is 0 Å². The number of likely N-dealkylation sites (tertiary alicyclic amines) is 1. The molecule has 0 radical (unpaired) electrons. The van der Waals surface area contributed by atoms with E-state index in [0.29, 0.717) is 18.7 Å². The van der Waals surface area contributed by atoms with Crippen LogP contribution in [0.15, 0.2) is 41.1 Å². The molecular weight excluding hydrogens is 339 g/mol. The third-order valence-corrected chi connectivity index (χ3v) is 5.06. The molecule has 1 N–H and O–H groups in total. The number of piperidine rings is 1. The molecule has 0 unspecified atom stereocenters. The number of hydrogen-bond donors (Lipinski definition) is 1. The van der Waals surface area contributed by atoms with Gasteiger partial charge < -0.3 is 10.0 Å². The van der Waals surface area contributed by atoms with Gasteiger partial charge in [-0.1, -0.05) is 12.1 Å². The number of carbonyl (C=O) groups is 1. The van der Waals surface area contributed by atoms with Crippen molar-refractivity contribution in [3.63, 3.8) is 0 Å². The SMILES string of the molecule is O=C(c1ccsc1)N1CCC(O)(c2cccc(C(F)(F)F)c2)CC1. The highest BCUT2D eigenvalue weighted by molar-refractivity contribution is 7.08. The first kappa shape index (κ1) is 17.0. The zero-order chi connectivity index (χ0) is 17.4. The second kappa shape index (κ2) is 6.22. The minimum absolute atomic E-state index is 0.109. The predicted molar refractivity (Wildman–Crippen MR) is 84.8 cm³/mol. The summed E-state index contributed by atoms with van der Waals surface area (Å²) in [5, 5.41) is 14.3. The molecule has 0 spiro atoms. The molecule has 0 bridgehead atoms. The maximum atomic E-state index is 12.9. The van der Waals surface area contributed by atoms with Gasteiger partial charge in [0.25, 0.3) is 5.91 Å². The molecule has 0 aliphatic carbocycles. The van der Waals surface area contributed by atoms with Crippen molar-refractivity contribution in [1.29, 1.82) is 0 Å². The highest BCUT2D eigenvalue weighted by atomic mass is 32.1. The molecule has 1 fully saturated rings. The lowest BCUT2D eigenvalue weighted by Crippen LogP contribution is -2.45. The van der Waals surface area contributed by atoms with Gasteiger partial charge in [0, 0.05) is 18.5 Å². The van der Waals surface area contributed by atoms with Gasteiger partial charge in [0.15, 0.2) is 0 Å². The predicted octanol–water partition coefficient (Wildman–Crippen LogP) is 3.89. The fraction of sp³-hybridized carbons (Fsp3) is 0.353. The van der Waals surface area contributed by atoms with Crippen LogP contribution in [0.5, 0.6) is 0 Å². The van der Waals surface area contributed by atoms with E-state index in [-0.39, 0.29) is 24.3 Å². The minimum atomic E-state index is -4.44. The smallest absolute Gasteiger partial charge is 0.385 e. The van der Waals surface area contributed by atoms with Gasteiger partial charge in [-0.2, -0.15) is 24.5 Å². The van der Waals surface area contributed by atoms with Crippen molar-refractivity contribution in [3.05, 3.63) is 57.8 Å². The van der Waals surface area contributed by atoms with E-state index in [1.165, 1.54) is 23.5 Å². The fourth-order valence-corrected chi connectivity index (χ4v) is 3.55. The van der Waals surface area contributed by atoms with Gasteiger partial charge >= 0.3 is 6.18 Å². The largest absolute Gasteiger partial charge is 0.416 e. The molecule has 1 aromatic carbocycles. The lowest BCUT2D eigenvalue weighted by atomic mass is 9.83. The Kier molecular flexibility index (Phi) is 4.40. The lowest BCUT2D eigenvalue weighted by molar-refractivity contribution is -0.137. The Morgan fingerprint density at radius 2 is 1.92 bits per heavy atom. The molecule has 3 nitrogen and oxygen atoms in total. The molecule has 1 aromatic heterocycles. The first-order valence-electron chi connectivity index (χ1n) is 7.51. The molecule has 128 valence electrons. The standard InChI is InChI=1S/C17H16F3NO2S/c18-17(19,20)14-3-1-2-13(10-14)16(23)5-7-21(8-6-16)15(22)12-4-9-24-11-12/h1-4,9-11,23H,5-8H2. The third-order valence-electron chi connectivity index (χ3n) is 4.37. The highest BCUT2D eigenvalue weighted by Gasteiger charge is 2.38. The number of amides is 1. The topological polar surface area (TPSA) is 40.5 Å². The van der Waals surface area contributed by atoms with Crippen molar-refractivity contribution in [2.45, 2.75) is 24.6 Å². The van der Waals surface area contributed by atoms with Crippen LogP contribution in [0.25, 0.3) is 0 Å². The molecule has 1 aliphatic heterocycles. The molecule has 24 heavy (non-hydrogen) atoms. The Balaban J connectivity index is 1.74. The summed E-state index contributed by atoms with van der Waals surface area (Å²) in [6, 6.07) is 6.53. The molecule has 0 saturated carbocycles. The number of carbonyl (C=O) groups excluding carboxylic acids is 1. The fourth-order valence-electron chi connectivity index (χ4n) is 2.92. The van der Waals surface area contributed by atoms with Gasteiger partial charge in [0.05, 0.1) is 16.7 Å². The van der Waals surface area contributed by atoms with E-state index in [2.05, 4.69) is 0 Å². The molecule has 0 atom stereocenters. The Hall–Kier alpha value is -1.86. The van der Waals surface area contributed by atoms with Crippen LogP contribution in [0.2, 0.25) is 0 Å². The van der Waals surface area contributed by atoms with E-state index in [9.17, 15) is 23.1 Å². The van der Waals surface area contributed by atoms with Gasteiger partial charge in [0.2, 0.25) is 0 Å². The molecular formula is C17H16F3NO2S. The van der Waals surface area contributed by atoms with Crippen molar-refractivity contribution >= 4 is 17.2 Å². The van der Waals surface area contributed by atoms with E-state index in [1.54, 1.807) is 16.3 Å². The van der Waals surface area contributed by atoms with Crippen molar-refractivity contribution < 1.29 is 23.1 Å². The van der Waals surface area contributed by atoms with E-state index in [4.69, 9.17) is 0 Å². The van der Waals surface area contributed by atoms with Gasteiger partial charge in [-0.05, 0) is 42.0 Å². The zero-order valence-electron chi connectivity index (χ0n) is 12.7. The summed E-state index contributed by atoms with van der Waals surface area (Å²) >= 11 is 1.43. The van der Waals surface area contributed by atoms with Crippen molar-refractivity contribution in [3.8, 4) is 0 Å². The summed E-state index contributed by atoms with van der Waals surface area (Å²) < 4.78 is 38.6. The van der Waals surface area contributed by atoms with Crippen molar-refractivity contribution in [2.24, 2.45) is 0 Å². The van der Waals surface area contributed by atoms with Crippen LogP contribution in [-0.2, 0) is 11.8 Å². The van der Waals surface area contributed by atoms with Crippen molar-refractivity contribution in [2.75, 3.05) is 13.1 Å². The average molecular weight is 355 g/mol. The van der Waals surface area contributed by atoms with Gasteiger partial charge in [-0.15, -0.1) is 0 Å². The first-order chi connectivity index (χ1) is 11.3. The number of hydrogen-bond acceptors (Lipinski definition) is 3. The summed E-state index contributed by atoms with van der Waals surface area (Å²) in [7, 11) is 0. The Morgan fingerprint density at radius 3 is 2.50 bits per heavy atom. The van der Waals surface area contributed by atoms with Crippen LogP contribution in [-0.4, -0.2) is 29.0 Å². The Morgan fingerprint density at radius 1 is 1.21 bits per heavy atom. The van der Waals surface area contributed by atoms with Crippen LogP contribution in [0.3, 0.4) is 0 Å². The first-order valence-corrected chi connectivity index (χ1v) is 8.45. The molecule has 1 amide bonds. The summed E-state index contributed by atoms with van der Waals surface area (Å²) in [5.41, 5.74) is -1.26. The van der Waals surface area contributed by atoms with Crippen LogP contribution in [0, 0.1) is 0 Å². The second-order valence-corrected chi connectivity index (χ2v) is 6.69. The number of rotatable bonds is 2.